The lowest BCUT2D eigenvalue weighted by molar-refractivity contribution is -0.115. The Kier molecular flexibility index (Phi) is 7.03. The van der Waals surface area contributed by atoms with Crippen LogP contribution in [-0.4, -0.2) is 25.4 Å². The van der Waals surface area contributed by atoms with Crippen LogP contribution >= 0.6 is 0 Å². The average molecular weight is 255 g/mol. The monoisotopic (exact) mass is 255 g/mol. The minimum atomic E-state index is 0.750. The molecule has 0 heterocycles. The molecule has 0 radical (unpaired) electrons. The molecule has 2 rings (SSSR count). The Morgan fingerprint density at radius 2 is 1.11 bits per heavy atom. The second-order valence-electron chi connectivity index (χ2n) is 4.54. The van der Waals surface area contributed by atoms with Gasteiger partial charge in [0.05, 0.1) is 0 Å². The van der Waals surface area contributed by atoms with E-state index in [1.54, 1.807) is 14.1 Å². The predicted molar refractivity (Wildman–Crippen MR) is 80.0 cm³/mol. The summed E-state index contributed by atoms with van der Waals surface area (Å²) in [6.45, 7) is 0. The molecule has 0 saturated carbocycles. The van der Waals surface area contributed by atoms with Gasteiger partial charge in [0.15, 0.2) is 0 Å². The summed E-state index contributed by atoms with van der Waals surface area (Å²) in [4.78, 5) is 10.9. The maximum Gasteiger partial charge on any atom is 0.209 e. The van der Waals surface area contributed by atoms with Crippen molar-refractivity contribution < 1.29 is 4.79 Å². The van der Waals surface area contributed by atoms with Crippen LogP contribution < -0.4 is 0 Å². The lowest BCUT2D eigenvalue weighted by atomic mass is 10.0. The summed E-state index contributed by atoms with van der Waals surface area (Å²) in [5.74, 6) is 0. The maximum absolute atomic E-state index is 9.43. The topological polar surface area (TPSA) is 20.3 Å². The van der Waals surface area contributed by atoms with E-state index < -0.39 is 0 Å². The van der Waals surface area contributed by atoms with Gasteiger partial charge in [0.2, 0.25) is 6.41 Å². The Bertz CT molecular complexity index is 412. The van der Waals surface area contributed by atoms with Crippen molar-refractivity contribution in [3.63, 3.8) is 0 Å². The zero-order chi connectivity index (χ0) is 13.9. The van der Waals surface area contributed by atoms with Gasteiger partial charge in [-0.3, -0.25) is 4.79 Å². The zero-order valence-electron chi connectivity index (χ0n) is 11.6. The molecule has 0 saturated heterocycles. The standard InChI is InChI=1S/C14H14.C3H7NO/c1-3-7-13(8-4-1)11-12-14-9-5-2-6-10-14;1-4(2)3-5/h1-10H,11-12H2;3H,1-2H3. The third-order valence-corrected chi connectivity index (χ3v) is 2.60. The van der Waals surface area contributed by atoms with E-state index in [-0.39, 0.29) is 0 Å². The quantitative estimate of drug-likeness (QED) is 0.768. The molecule has 2 aromatic carbocycles. The van der Waals surface area contributed by atoms with Crippen molar-refractivity contribution in [2.75, 3.05) is 14.1 Å². The predicted octanol–water partition coefficient (Wildman–Crippen LogP) is 3.18. The first kappa shape index (κ1) is 15.0. The molecule has 0 N–H and O–H groups in total. The molecule has 2 nitrogen and oxygen atoms in total. The Morgan fingerprint density at radius 3 is 1.37 bits per heavy atom. The van der Waals surface area contributed by atoms with E-state index >= 15 is 0 Å². The van der Waals surface area contributed by atoms with E-state index in [1.807, 2.05) is 0 Å². The molecule has 0 aromatic heterocycles. The number of hydrogen-bond donors (Lipinski definition) is 0. The molecule has 0 spiro atoms. The first-order valence-electron chi connectivity index (χ1n) is 6.42. The van der Waals surface area contributed by atoms with Gasteiger partial charge in [0.1, 0.15) is 0 Å². The number of benzene rings is 2. The summed E-state index contributed by atoms with van der Waals surface area (Å²) >= 11 is 0. The van der Waals surface area contributed by atoms with Crippen LogP contribution in [0.2, 0.25) is 0 Å². The van der Waals surface area contributed by atoms with Crippen LogP contribution in [-0.2, 0) is 17.6 Å². The van der Waals surface area contributed by atoms with E-state index in [4.69, 9.17) is 0 Å². The van der Waals surface area contributed by atoms with Gasteiger partial charge in [0, 0.05) is 14.1 Å². The van der Waals surface area contributed by atoms with Crippen molar-refractivity contribution in [1.82, 2.24) is 4.90 Å². The van der Waals surface area contributed by atoms with Crippen LogP contribution in [0.1, 0.15) is 11.1 Å². The molecule has 0 aliphatic carbocycles. The second-order valence-corrected chi connectivity index (χ2v) is 4.54. The Hall–Kier alpha value is -2.09. The normalized spacial score (nSPS) is 9.16. The molecule has 0 aliphatic rings. The molecule has 0 atom stereocenters. The summed E-state index contributed by atoms with van der Waals surface area (Å²) < 4.78 is 0. The Labute approximate surface area is 115 Å². The molecule has 2 heteroatoms. The van der Waals surface area contributed by atoms with E-state index in [2.05, 4.69) is 60.7 Å². The average Bonchev–Trinajstić information content (AvgIpc) is 2.48. The molecule has 19 heavy (non-hydrogen) atoms. The number of nitrogens with zero attached hydrogens (tertiary/aromatic N) is 1. The van der Waals surface area contributed by atoms with Crippen molar-refractivity contribution in [3.05, 3.63) is 71.8 Å². The highest BCUT2D eigenvalue weighted by molar-refractivity contribution is 5.45. The van der Waals surface area contributed by atoms with E-state index in [0.29, 0.717) is 0 Å². The fourth-order valence-corrected chi connectivity index (χ4v) is 1.58. The molecular weight excluding hydrogens is 234 g/mol. The maximum atomic E-state index is 9.43. The fraction of sp³-hybridized carbons (Fsp3) is 0.235. The number of hydrogen-bond acceptors (Lipinski definition) is 1. The first-order chi connectivity index (χ1) is 9.22. The third-order valence-electron chi connectivity index (χ3n) is 2.60. The molecule has 0 fully saturated rings. The summed E-state index contributed by atoms with van der Waals surface area (Å²) in [6.07, 6.45) is 3.01. The molecule has 2 aromatic rings. The van der Waals surface area contributed by atoms with Gasteiger partial charge in [-0.2, -0.15) is 0 Å². The van der Waals surface area contributed by atoms with Crippen LogP contribution in [0.25, 0.3) is 0 Å². The van der Waals surface area contributed by atoms with E-state index in [9.17, 15) is 4.79 Å². The van der Waals surface area contributed by atoms with Gasteiger partial charge in [-0.05, 0) is 24.0 Å². The van der Waals surface area contributed by atoms with Crippen LogP contribution in [0.4, 0.5) is 0 Å². The van der Waals surface area contributed by atoms with Gasteiger partial charge in [0.25, 0.3) is 0 Å². The van der Waals surface area contributed by atoms with E-state index in [0.717, 1.165) is 19.3 Å². The van der Waals surface area contributed by atoms with Crippen molar-refractivity contribution in [2.45, 2.75) is 12.8 Å². The lowest BCUT2D eigenvalue weighted by Gasteiger charge is -2.01. The van der Waals surface area contributed by atoms with Crippen molar-refractivity contribution in [3.8, 4) is 0 Å². The summed E-state index contributed by atoms with van der Waals surface area (Å²) in [7, 11) is 3.38. The minimum absolute atomic E-state index is 0.750. The zero-order valence-corrected chi connectivity index (χ0v) is 11.6. The van der Waals surface area contributed by atoms with Crippen LogP contribution in [0, 0.1) is 0 Å². The molecular formula is C17H21NO. The van der Waals surface area contributed by atoms with Gasteiger partial charge >= 0.3 is 0 Å². The third kappa shape index (κ3) is 7.04. The lowest BCUT2D eigenvalue weighted by Crippen LogP contribution is -2.06. The molecule has 0 bridgehead atoms. The number of carbonyl (C=O) groups is 1. The Morgan fingerprint density at radius 1 is 0.789 bits per heavy atom. The van der Waals surface area contributed by atoms with Crippen molar-refractivity contribution in [1.29, 1.82) is 0 Å². The number of amides is 1. The SMILES string of the molecule is CN(C)C=O.c1ccc(CCc2ccccc2)cc1. The van der Waals surface area contributed by atoms with Crippen LogP contribution in [0.3, 0.4) is 0 Å². The van der Waals surface area contributed by atoms with Gasteiger partial charge in [-0.25, -0.2) is 0 Å². The number of aryl methyl sites for hydroxylation is 2. The molecule has 100 valence electrons. The molecule has 1 amide bonds. The van der Waals surface area contributed by atoms with Gasteiger partial charge in [-0.15, -0.1) is 0 Å². The Balaban J connectivity index is 0.000000312. The minimum Gasteiger partial charge on any atom is -0.351 e. The second kappa shape index (κ2) is 8.92. The van der Waals surface area contributed by atoms with Crippen LogP contribution in [0.15, 0.2) is 60.7 Å². The van der Waals surface area contributed by atoms with Crippen molar-refractivity contribution in [2.24, 2.45) is 0 Å². The summed E-state index contributed by atoms with van der Waals surface area (Å²) in [6, 6.07) is 21.2. The van der Waals surface area contributed by atoms with Gasteiger partial charge in [-0.1, -0.05) is 60.7 Å². The highest BCUT2D eigenvalue weighted by atomic mass is 16.1. The number of carbonyl (C=O) groups excluding carboxylic acids is 1. The van der Waals surface area contributed by atoms with Crippen molar-refractivity contribution >= 4 is 6.41 Å². The summed E-state index contributed by atoms with van der Waals surface area (Å²) in [5, 5.41) is 0. The largest absolute Gasteiger partial charge is 0.351 e. The highest BCUT2D eigenvalue weighted by Gasteiger charge is 1.93. The van der Waals surface area contributed by atoms with E-state index in [1.165, 1.54) is 16.0 Å². The highest BCUT2D eigenvalue weighted by Crippen LogP contribution is 2.06. The first-order valence-corrected chi connectivity index (χ1v) is 6.42. The van der Waals surface area contributed by atoms with Crippen LogP contribution in [0.5, 0.6) is 0 Å². The van der Waals surface area contributed by atoms with Gasteiger partial charge < -0.3 is 4.90 Å². The molecule has 0 unspecified atom stereocenters. The fourth-order valence-electron chi connectivity index (χ4n) is 1.58. The molecule has 0 aliphatic heterocycles. The number of rotatable bonds is 4. The smallest absolute Gasteiger partial charge is 0.209 e. The summed E-state index contributed by atoms with van der Waals surface area (Å²) in [5.41, 5.74) is 2.83.